The zero-order valence-electron chi connectivity index (χ0n) is 11.9. The van der Waals surface area contributed by atoms with Crippen molar-refractivity contribution in [2.24, 2.45) is 0 Å². The summed E-state index contributed by atoms with van der Waals surface area (Å²) in [5, 5.41) is 15.5. The number of carbonyl (C=O) groups excluding carboxylic acids is 1. The smallest absolute Gasteiger partial charge is 0.329 e. The second-order valence-electron chi connectivity index (χ2n) is 5.96. The molecular weight excluding hydrogens is 268 g/mol. The molecule has 112 valence electrons. The molecule has 1 amide bonds. The Morgan fingerprint density at radius 1 is 1.19 bits per heavy atom. The fourth-order valence-corrected chi connectivity index (χ4v) is 3.28. The fourth-order valence-electron chi connectivity index (χ4n) is 3.28. The van der Waals surface area contributed by atoms with Gasteiger partial charge >= 0.3 is 5.97 Å². The summed E-state index contributed by atoms with van der Waals surface area (Å²) in [6.07, 6.45) is 3.69. The van der Waals surface area contributed by atoms with Gasteiger partial charge in [0.15, 0.2) is 0 Å². The number of fused-ring (bicyclic) bond motifs is 1. The Morgan fingerprint density at radius 2 is 1.95 bits per heavy atom. The molecule has 1 aromatic rings. The minimum Gasteiger partial charge on any atom is -0.480 e. The molecule has 21 heavy (non-hydrogen) atoms. The number of amides is 1. The molecule has 0 spiro atoms. The first-order chi connectivity index (χ1) is 10.1. The lowest BCUT2D eigenvalue weighted by atomic mass is 9.95. The van der Waals surface area contributed by atoms with Crippen LogP contribution in [-0.2, 0) is 17.8 Å². The Kier molecular flexibility index (Phi) is 3.68. The lowest BCUT2D eigenvalue weighted by Crippen LogP contribution is -2.52. The predicted octanol–water partition coefficient (Wildman–Crippen LogP) is 1.46. The molecule has 5 heteroatoms. The van der Waals surface area contributed by atoms with Gasteiger partial charge in [-0.25, -0.2) is 4.79 Å². The first-order valence-corrected chi connectivity index (χ1v) is 7.49. The Morgan fingerprint density at radius 3 is 2.67 bits per heavy atom. The highest BCUT2D eigenvalue weighted by atomic mass is 16.4. The molecular formula is C16H20N2O3. The second-order valence-corrected chi connectivity index (χ2v) is 5.96. The van der Waals surface area contributed by atoms with Crippen molar-refractivity contribution in [3.8, 4) is 0 Å². The standard InChI is InChI=1S/C16H20N2O3/c19-14(18-16(15(20)21)6-1-2-7-16)12-4-3-11-5-8-17-10-13(11)9-12/h3-4,9,17H,1-2,5-8,10H2,(H,18,19)(H,20,21). The van der Waals surface area contributed by atoms with Crippen LogP contribution in [0.1, 0.15) is 47.2 Å². The van der Waals surface area contributed by atoms with Gasteiger partial charge in [-0.2, -0.15) is 0 Å². The molecule has 3 N–H and O–H groups in total. The molecule has 2 aliphatic rings. The topological polar surface area (TPSA) is 78.4 Å². The van der Waals surface area contributed by atoms with E-state index in [2.05, 4.69) is 10.6 Å². The molecule has 0 aromatic heterocycles. The summed E-state index contributed by atoms with van der Waals surface area (Å²) >= 11 is 0. The number of nitrogens with one attached hydrogen (secondary N) is 2. The van der Waals surface area contributed by atoms with Crippen LogP contribution in [0.3, 0.4) is 0 Å². The number of aliphatic carboxylic acids is 1. The number of benzene rings is 1. The Bertz CT molecular complexity index is 577. The average molecular weight is 288 g/mol. The molecule has 1 aliphatic carbocycles. The van der Waals surface area contributed by atoms with Crippen molar-refractivity contribution in [2.45, 2.75) is 44.2 Å². The molecule has 3 rings (SSSR count). The summed E-state index contributed by atoms with van der Waals surface area (Å²) in [6.45, 7) is 1.72. The van der Waals surface area contributed by atoms with Gasteiger partial charge in [0.1, 0.15) is 5.54 Å². The molecule has 0 atom stereocenters. The van der Waals surface area contributed by atoms with Crippen LogP contribution in [0.15, 0.2) is 18.2 Å². The highest BCUT2D eigenvalue weighted by Crippen LogP contribution is 2.30. The Balaban J connectivity index is 1.80. The largest absolute Gasteiger partial charge is 0.480 e. The van der Waals surface area contributed by atoms with E-state index in [1.54, 1.807) is 6.07 Å². The zero-order valence-corrected chi connectivity index (χ0v) is 11.9. The summed E-state index contributed by atoms with van der Waals surface area (Å²) in [5.74, 6) is -1.21. The highest BCUT2D eigenvalue weighted by molar-refractivity contribution is 5.98. The summed E-state index contributed by atoms with van der Waals surface area (Å²) in [6, 6.07) is 5.65. The van der Waals surface area contributed by atoms with Gasteiger partial charge in [-0.3, -0.25) is 4.79 Å². The van der Waals surface area contributed by atoms with E-state index < -0.39 is 11.5 Å². The quantitative estimate of drug-likeness (QED) is 0.787. The van der Waals surface area contributed by atoms with Crippen molar-refractivity contribution >= 4 is 11.9 Å². The molecule has 0 radical (unpaired) electrons. The Hall–Kier alpha value is -1.88. The van der Waals surface area contributed by atoms with Gasteiger partial charge in [-0.05, 0) is 49.1 Å². The van der Waals surface area contributed by atoms with Gasteiger partial charge in [0.05, 0.1) is 0 Å². The minimum atomic E-state index is -1.08. The van der Waals surface area contributed by atoms with E-state index in [1.165, 1.54) is 5.56 Å². The van der Waals surface area contributed by atoms with E-state index in [1.807, 2.05) is 12.1 Å². The zero-order chi connectivity index (χ0) is 14.9. The maximum Gasteiger partial charge on any atom is 0.329 e. The molecule has 5 nitrogen and oxygen atoms in total. The minimum absolute atomic E-state index is 0.285. The number of carboxylic acid groups (broad SMARTS) is 1. The van der Waals surface area contributed by atoms with Crippen molar-refractivity contribution < 1.29 is 14.7 Å². The highest BCUT2D eigenvalue weighted by Gasteiger charge is 2.42. The summed E-state index contributed by atoms with van der Waals surface area (Å²) < 4.78 is 0. The molecule has 1 heterocycles. The van der Waals surface area contributed by atoms with E-state index in [0.29, 0.717) is 18.4 Å². The number of carboxylic acids is 1. The summed E-state index contributed by atoms with van der Waals surface area (Å²) in [5.41, 5.74) is 1.86. The van der Waals surface area contributed by atoms with Crippen molar-refractivity contribution in [2.75, 3.05) is 6.54 Å². The van der Waals surface area contributed by atoms with Gasteiger partial charge in [0.2, 0.25) is 0 Å². The third-order valence-corrected chi connectivity index (χ3v) is 4.57. The fraction of sp³-hybridized carbons (Fsp3) is 0.500. The summed E-state index contributed by atoms with van der Waals surface area (Å²) in [4.78, 5) is 23.9. The maximum atomic E-state index is 12.4. The average Bonchev–Trinajstić information content (AvgIpc) is 2.96. The third kappa shape index (κ3) is 2.65. The van der Waals surface area contributed by atoms with Crippen LogP contribution in [0.4, 0.5) is 0 Å². The van der Waals surface area contributed by atoms with E-state index >= 15 is 0 Å². The molecule has 0 unspecified atom stereocenters. The van der Waals surface area contributed by atoms with E-state index in [9.17, 15) is 14.7 Å². The maximum absolute atomic E-state index is 12.4. The number of carbonyl (C=O) groups is 2. The van der Waals surface area contributed by atoms with Crippen molar-refractivity contribution in [1.29, 1.82) is 0 Å². The van der Waals surface area contributed by atoms with E-state index in [4.69, 9.17) is 0 Å². The van der Waals surface area contributed by atoms with Gasteiger partial charge < -0.3 is 15.7 Å². The van der Waals surface area contributed by atoms with E-state index in [-0.39, 0.29) is 5.91 Å². The number of rotatable bonds is 3. The van der Waals surface area contributed by atoms with Gasteiger partial charge in [-0.1, -0.05) is 18.9 Å². The monoisotopic (exact) mass is 288 g/mol. The summed E-state index contributed by atoms with van der Waals surface area (Å²) in [7, 11) is 0. The van der Waals surface area contributed by atoms with Crippen LogP contribution in [-0.4, -0.2) is 29.1 Å². The first kappa shape index (κ1) is 14.1. The molecule has 1 saturated carbocycles. The molecule has 1 aliphatic heterocycles. The van der Waals surface area contributed by atoms with Crippen molar-refractivity contribution in [1.82, 2.24) is 10.6 Å². The molecule has 1 aromatic carbocycles. The molecule has 0 saturated heterocycles. The van der Waals surface area contributed by atoms with Crippen molar-refractivity contribution in [3.63, 3.8) is 0 Å². The second kappa shape index (κ2) is 5.48. The number of hydrogen-bond acceptors (Lipinski definition) is 3. The Labute approximate surface area is 123 Å². The first-order valence-electron chi connectivity index (χ1n) is 7.49. The SMILES string of the molecule is O=C(NC1(C(=O)O)CCCC1)c1ccc2c(c1)CNCC2. The molecule has 0 bridgehead atoms. The number of hydrogen-bond donors (Lipinski definition) is 3. The lowest BCUT2D eigenvalue weighted by molar-refractivity contribution is -0.144. The van der Waals surface area contributed by atoms with Crippen LogP contribution in [0.5, 0.6) is 0 Å². The van der Waals surface area contributed by atoms with Gasteiger partial charge in [0.25, 0.3) is 5.91 Å². The van der Waals surface area contributed by atoms with Crippen LogP contribution in [0.2, 0.25) is 0 Å². The van der Waals surface area contributed by atoms with E-state index in [0.717, 1.165) is 37.9 Å². The van der Waals surface area contributed by atoms with Crippen LogP contribution in [0.25, 0.3) is 0 Å². The van der Waals surface area contributed by atoms with Crippen LogP contribution < -0.4 is 10.6 Å². The molecule has 1 fully saturated rings. The lowest BCUT2D eigenvalue weighted by Gasteiger charge is -2.26. The third-order valence-electron chi connectivity index (χ3n) is 4.57. The van der Waals surface area contributed by atoms with Gasteiger partial charge in [0, 0.05) is 12.1 Å². The van der Waals surface area contributed by atoms with Gasteiger partial charge in [-0.15, -0.1) is 0 Å². The van der Waals surface area contributed by atoms with Crippen LogP contribution in [0, 0.1) is 0 Å². The predicted molar refractivity (Wildman–Crippen MR) is 78.2 cm³/mol. The van der Waals surface area contributed by atoms with Crippen LogP contribution >= 0.6 is 0 Å². The van der Waals surface area contributed by atoms with Crippen molar-refractivity contribution in [3.05, 3.63) is 34.9 Å². The normalized spacial score (nSPS) is 19.8.